The normalized spacial score (nSPS) is 10.2. The fourth-order valence-corrected chi connectivity index (χ4v) is 2.32. The molecule has 0 aromatic carbocycles. The number of esters is 1. The van der Waals surface area contributed by atoms with Gasteiger partial charge >= 0.3 is 12.1 Å². The lowest BCUT2D eigenvalue weighted by Crippen LogP contribution is -2.27. The molecule has 1 aromatic rings. The van der Waals surface area contributed by atoms with E-state index in [0.29, 0.717) is 12.8 Å². The minimum atomic E-state index is -0.725. The first-order valence-corrected chi connectivity index (χ1v) is 7.40. The van der Waals surface area contributed by atoms with Crippen molar-refractivity contribution >= 4 is 39.3 Å². The van der Waals surface area contributed by atoms with E-state index in [-0.39, 0.29) is 5.97 Å². The molecule has 20 heavy (non-hydrogen) atoms. The van der Waals surface area contributed by atoms with Crippen molar-refractivity contribution in [3.63, 3.8) is 0 Å². The van der Waals surface area contributed by atoms with Crippen LogP contribution in [-0.2, 0) is 20.7 Å². The van der Waals surface area contributed by atoms with E-state index in [9.17, 15) is 9.59 Å². The number of aryl methyl sites for hydroxylation is 1. The van der Waals surface area contributed by atoms with Crippen molar-refractivity contribution in [2.75, 3.05) is 7.11 Å². The number of hydrogen-bond donors (Lipinski definition) is 1. The number of nitrogens with two attached hydrogens (primary N) is 1. The third-order valence-electron chi connectivity index (χ3n) is 1.70. The molecular formula is C12H19BrN2O4S. The maximum absolute atomic E-state index is 10.7. The van der Waals surface area contributed by atoms with E-state index >= 15 is 0 Å². The fraction of sp³-hybridized carbons (Fsp3) is 0.583. The molecule has 0 atom stereocenters. The van der Waals surface area contributed by atoms with Gasteiger partial charge < -0.3 is 15.2 Å². The minimum Gasteiger partial charge on any atom is -0.469 e. The molecule has 1 aromatic heterocycles. The number of aromatic nitrogens is 1. The second kappa shape index (κ2) is 8.91. The Morgan fingerprint density at radius 1 is 1.45 bits per heavy atom. The maximum atomic E-state index is 10.7. The first-order chi connectivity index (χ1) is 9.14. The molecule has 0 radical (unpaired) electrons. The van der Waals surface area contributed by atoms with E-state index in [1.54, 1.807) is 27.0 Å². The van der Waals surface area contributed by atoms with Gasteiger partial charge in [-0.2, -0.15) is 0 Å². The standard InChI is InChI=1S/C7H8BrNO2S.C5H11NO2/c1-11-7(10)3-2-6-9-4-5(8)12-6;1-5(2,3)8-4(6)7/h4H,2-3H2,1H3;1-3H3,(H2,6,7). The first kappa shape index (κ1) is 18.9. The molecule has 0 saturated carbocycles. The van der Waals surface area contributed by atoms with Crippen LogP contribution in [0.3, 0.4) is 0 Å². The van der Waals surface area contributed by atoms with Crippen molar-refractivity contribution in [1.82, 2.24) is 4.98 Å². The van der Waals surface area contributed by atoms with Gasteiger partial charge in [-0.25, -0.2) is 9.78 Å². The zero-order valence-corrected chi connectivity index (χ0v) is 14.3. The van der Waals surface area contributed by atoms with Crippen LogP contribution in [0.2, 0.25) is 0 Å². The Bertz CT molecular complexity index is 443. The second-order valence-corrected chi connectivity index (χ2v) is 7.16. The van der Waals surface area contributed by atoms with E-state index in [0.717, 1.165) is 8.79 Å². The Morgan fingerprint density at radius 2 is 2.05 bits per heavy atom. The van der Waals surface area contributed by atoms with Gasteiger partial charge in [-0.3, -0.25) is 4.79 Å². The van der Waals surface area contributed by atoms with Gasteiger partial charge in [-0.1, -0.05) is 0 Å². The van der Waals surface area contributed by atoms with Gasteiger partial charge in [0.1, 0.15) is 5.60 Å². The molecule has 8 heteroatoms. The summed E-state index contributed by atoms with van der Waals surface area (Å²) in [5.41, 5.74) is 4.26. The van der Waals surface area contributed by atoms with Crippen molar-refractivity contribution in [3.8, 4) is 0 Å². The van der Waals surface area contributed by atoms with E-state index in [1.165, 1.54) is 18.4 Å². The predicted molar refractivity (Wildman–Crippen MR) is 80.6 cm³/mol. The van der Waals surface area contributed by atoms with Crippen LogP contribution in [0.1, 0.15) is 32.2 Å². The van der Waals surface area contributed by atoms with Crippen LogP contribution in [0.4, 0.5) is 4.79 Å². The van der Waals surface area contributed by atoms with E-state index in [2.05, 4.69) is 30.4 Å². The quantitative estimate of drug-likeness (QED) is 0.830. The zero-order chi connectivity index (χ0) is 15.8. The Kier molecular flexibility index (Phi) is 8.40. The molecule has 1 amide bonds. The Labute approximate surface area is 130 Å². The number of ether oxygens (including phenoxy) is 2. The van der Waals surface area contributed by atoms with Gasteiger partial charge in [0, 0.05) is 6.42 Å². The molecule has 2 N–H and O–H groups in total. The van der Waals surface area contributed by atoms with Crippen LogP contribution >= 0.6 is 27.3 Å². The maximum Gasteiger partial charge on any atom is 0.405 e. The Balaban J connectivity index is 0.000000396. The van der Waals surface area contributed by atoms with Crippen molar-refractivity contribution in [3.05, 3.63) is 15.0 Å². The molecular weight excluding hydrogens is 348 g/mol. The van der Waals surface area contributed by atoms with Gasteiger partial charge in [0.15, 0.2) is 0 Å². The largest absolute Gasteiger partial charge is 0.469 e. The van der Waals surface area contributed by atoms with E-state index < -0.39 is 11.7 Å². The Hall–Kier alpha value is -1.15. The number of primary amides is 1. The molecule has 1 heterocycles. The molecule has 0 fully saturated rings. The minimum absolute atomic E-state index is 0.193. The van der Waals surface area contributed by atoms with Gasteiger partial charge in [0.05, 0.1) is 28.5 Å². The van der Waals surface area contributed by atoms with Gasteiger partial charge in [-0.15, -0.1) is 11.3 Å². The molecule has 0 saturated heterocycles. The summed E-state index contributed by atoms with van der Waals surface area (Å²) >= 11 is 4.83. The van der Waals surface area contributed by atoms with Gasteiger partial charge in [0.2, 0.25) is 0 Å². The number of amides is 1. The third kappa shape index (κ3) is 10.7. The molecule has 0 bridgehead atoms. The SMILES string of the molecule is CC(C)(C)OC(N)=O.COC(=O)CCc1ncc(Br)s1. The lowest BCUT2D eigenvalue weighted by atomic mass is 10.2. The second-order valence-electron chi connectivity index (χ2n) is 4.67. The molecule has 114 valence electrons. The highest BCUT2D eigenvalue weighted by Crippen LogP contribution is 2.19. The summed E-state index contributed by atoms with van der Waals surface area (Å²) in [7, 11) is 1.39. The van der Waals surface area contributed by atoms with Crippen LogP contribution in [0.5, 0.6) is 0 Å². The van der Waals surface area contributed by atoms with Crippen LogP contribution in [0, 0.1) is 0 Å². The van der Waals surface area contributed by atoms with Crippen LogP contribution in [-0.4, -0.2) is 29.8 Å². The summed E-state index contributed by atoms with van der Waals surface area (Å²) in [6, 6.07) is 0. The topological polar surface area (TPSA) is 91.5 Å². The number of thiazole rings is 1. The molecule has 0 aliphatic rings. The molecule has 0 aliphatic carbocycles. The molecule has 0 unspecified atom stereocenters. The summed E-state index contributed by atoms with van der Waals surface area (Å²) in [5.74, 6) is -0.193. The van der Waals surface area contributed by atoms with Crippen molar-refractivity contribution in [2.24, 2.45) is 5.73 Å². The fourth-order valence-electron chi connectivity index (χ4n) is 1.02. The smallest absolute Gasteiger partial charge is 0.405 e. The van der Waals surface area contributed by atoms with Crippen LogP contribution < -0.4 is 5.73 Å². The summed E-state index contributed by atoms with van der Waals surface area (Å²) in [6.07, 6.45) is 2.06. The van der Waals surface area contributed by atoms with Crippen LogP contribution in [0.15, 0.2) is 9.98 Å². The number of nitrogens with zero attached hydrogens (tertiary/aromatic N) is 1. The van der Waals surface area contributed by atoms with Gasteiger partial charge in [0.25, 0.3) is 0 Å². The average molecular weight is 367 g/mol. The van der Waals surface area contributed by atoms with E-state index in [4.69, 9.17) is 5.73 Å². The third-order valence-corrected chi connectivity index (χ3v) is 3.24. The highest BCUT2D eigenvalue weighted by Gasteiger charge is 2.12. The number of hydrogen-bond acceptors (Lipinski definition) is 6. The molecule has 1 rings (SSSR count). The zero-order valence-electron chi connectivity index (χ0n) is 11.9. The number of carbonyl (C=O) groups excluding carboxylic acids is 2. The predicted octanol–water partition coefficient (Wildman–Crippen LogP) is 2.89. The first-order valence-electron chi connectivity index (χ1n) is 5.79. The summed E-state index contributed by atoms with van der Waals surface area (Å²) < 4.78 is 10.1. The number of halogens is 1. The Morgan fingerprint density at radius 3 is 2.35 bits per heavy atom. The van der Waals surface area contributed by atoms with Gasteiger partial charge in [-0.05, 0) is 36.7 Å². The average Bonchev–Trinajstić information content (AvgIpc) is 2.69. The summed E-state index contributed by atoms with van der Waals surface area (Å²) in [4.78, 5) is 24.8. The summed E-state index contributed by atoms with van der Waals surface area (Å²) in [5, 5.41) is 0.951. The van der Waals surface area contributed by atoms with E-state index in [1.807, 2.05) is 0 Å². The number of methoxy groups -OCH3 is 1. The highest BCUT2D eigenvalue weighted by atomic mass is 79.9. The highest BCUT2D eigenvalue weighted by molar-refractivity contribution is 9.11. The molecule has 6 nitrogen and oxygen atoms in total. The number of rotatable bonds is 3. The lowest BCUT2D eigenvalue weighted by molar-refractivity contribution is -0.140. The summed E-state index contributed by atoms with van der Waals surface area (Å²) in [6.45, 7) is 5.28. The van der Waals surface area contributed by atoms with Crippen LogP contribution in [0.25, 0.3) is 0 Å². The van der Waals surface area contributed by atoms with Crippen molar-refractivity contribution < 1.29 is 19.1 Å². The molecule has 0 aliphatic heterocycles. The lowest BCUT2D eigenvalue weighted by Gasteiger charge is -2.16. The number of carbonyl (C=O) groups is 2. The molecule has 0 spiro atoms. The monoisotopic (exact) mass is 366 g/mol. The van der Waals surface area contributed by atoms with Crippen molar-refractivity contribution in [1.29, 1.82) is 0 Å². The van der Waals surface area contributed by atoms with Crippen molar-refractivity contribution in [2.45, 2.75) is 39.2 Å².